The van der Waals surface area contributed by atoms with Crippen molar-refractivity contribution in [3.05, 3.63) is 119 Å². The molecule has 0 aromatic heterocycles. The van der Waals surface area contributed by atoms with Crippen molar-refractivity contribution in [1.82, 2.24) is 0 Å². The summed E-state index contributed by atoms with van der Waals surface area (Å²) in [5.41, 5.74) is 10.7. The molecule has 5 rings (SSSR count). The van der Waals surface area contributed by atoms with Gasteiger partial charge in [0.15, 0.2) is 0 Å². The van der Waals surface area contributed by atoms with Gasteiger partial charge in [0, 0.05) is 5.41 Å². The van der Waals surface area contributed by atoms with Crippen LogP contribution in [0.4, 0.5) is 0 Å². The van der Waals surface area contributed by atoms with Gasteiger partial charge in [-0.15, -0.1) is 0 Å². The van der Waals surface area contributed by atoms with E-state index in [4.69, 9.17) is 0 Å². The maximum Gasteiger partial charge on any atom is 0.0441 e. The molecule has 0 amide bonds. The molecule has 1 aliphatic carbocycles. The molecule has 0 bridgehead atoms. The normalized spacial score (nSPS) is 13.1. The van der Waals surface area contributed by atoms with E-state index >= 15 is 0 Å². The summed E-state index contributed by atoms with van der Waals surface area (Å²) in [7, 11) is 0. The summed E-state index contributed by atoms with van der Waals surface area (Å²) in [5, 5.41) is 0. The Morgan fingerprint density at radius 1 is 0.500 bits per heavy atom. The molecule has 150 valence electrons. The molecule has 0 aliphatic heterocycles. The molecule has 0 saturated heterocycles. The predicted octanol–water partition coefficient (Wildman–Crippen LogP) is 8.41. The van der Waals surface area contributed by atoms with Gasteiger partial charge in [-0.2, -0.15) is 0 Å². The van der Waals surface area contributed by atoms with Crippen LogP contribution in [0, 0.1) is 6.92 Å². The maximum atomic E-state index is 2.38. The molecule has 4 aromatic carbocycles. The van der Waals surface area contributed by atoms with Crippen molar-refractivity contribution in [3.8, 4) is 22.3 Å². The van der Waals surface area contributed by atoms with Crippen LogP contribution >= 0.6 is 0 Å². The molecule has 0 heterocycles. The molecule has 0 unspecified atom stereocenters. The highest BCUT2D eigenvalue weighted by Crippen LogP contribution is 2.53. The van der Waals surface area contributed by atoms with Gasteiger partial charge in [-0.1, -0.05) is 117 Å². The third kappa shape index (κ3) is 3.17. The lowest BCUT2D eigenvalue weighted by atomic mass is 9.71. The van der Waals surface area contributed by atoms with Crippen molar-refractivity contribution in [2.45, 2.75) is 39.5 Å². The Kier molecular flexibility index (Phi) is 5.59. The Labute approximate surface area is 181 Å². The zero-order valence-electron chi connectivity index (χ0n) is 18.4. The molecule has 0 N–H and O–H groups in total. The van der Waals surface area contributed by atoms with Crippen LogP contribution in [0.2, 0.25) is 0 Å². The second kappa shape index (κ2) is 8.32. The van der Waals surface area contributed by atoms with Gasteiger partial charge in [0.1, 0.15) is 0 Å². The van der Waals surface area contributed by atoms with E-state index in [-0.39, 0.29) is 5.41 Å². The highest BCUT2D eigenvalue weighted by molar-refractivity contribution is 5.86. The number of aryl methyl sites for hydroxylation is 1. The lowest BCUT2D eigenvalue weighted by Gasteiger charge is -2.31. The van der Waals surface area contributed by atoms with Crippen molar-refractivity contribution in [2.24, 2.45) is 0 Å². The smallest absolute Gasteiger partial charge is 0.0441 e. The average molecular weight is 391 g/mol. The molecular weight excluding hydrogens is 360 g/mol. The van der Waals surface area contributed by atoms with Crippen LogP contribution in [0.15, 0.2) is 97.1 Å². The van der Waals surface area contributed by atoms with Crippen molar-refractivity contribution in [2.75, 3.05) is 0 Å². The summed E-state index contributed by atoms with van der Waals surface area (Å²) in [6.07, 6.45) is 1.25. The zero-order chi connectivity index (χ0) is 21.1. The molecule has 0 atom stereocenters. The van der Waals surface area contributed by atoms with E-state index in [1.165, 1.54) is 50.9 Å². The topological polar surface area (TPSA) is 0 Å². The lowest BCUT2D eigenvalue weighted by Crippen LogP contribution is -2.23. The van der Waals surface area contributed by atoms with Crippen LogP contribution in [-0.4, -0.2) is 0 Å². The first kappa shape index (κ1) is 20.2. The minimum atomic E-state index is -0.161. The van der Waals surface area contributed by atoms with Crippen molar-refractivity contribution in [3.63, 3.8) is 0 Å². The molecule has 0 heteroatoms. The third-order valence-electron chi connectivity index (χ3n) is 6.12. The Balaban J connectivity index is 0.000000687. The van der Waals surface area contributed by atoms with E-state index < -0.39 is 0 Å². The van der Waals surface area contributed by atoms with E-state index in [1.54, 1.807) is 0 Å². The predicted molar refractivity (Wildman–Crippen MR) is 130 cm³/mol. The second-order valence-electron chi connectivity index (χ2n) is 8.28. The van der Waals surface area contributed by atoms with E-state index in [1.807, 2.05) is 0 Å². The Morgan fingerprint density at radius 3 is 1.20 bits per heavy atom. The van der Waals surface area contributed by atoms with Gasteiger partial charge in [0.25, 0.3) is 0 Å². The first-order chi connectivity index (χ1) is 14.6. The summed E-state index contributed by atoms with van der Waals surface area (Å²) >= 11 is 0. The highest BCUT2D eigenvalue weighted by Gasteiger charge is 2.41. The molecule has 4 aromatic rings. The third-order valence-corrected chi connectivity index (χ3v) is 6.12. The summed E-state index contributed by atoms with van der Waals surface area (Å²) in [6, 6.07) is 35.3. The number of benzene rings is 4. The minimum Gasteiger partial charge on any atom is -0.0656 e. The number of fused-ring (bicyclic) bond motifs is 3. The minimum absolute atomic E-state index is 0.161. The monoisotopic (exact) mass is 390 g/mol. The fourth-order valence-corrected chi connectivity index (χ4v) is 4.77. The average Bonchev–Trinajstić information content (AvgIpc) is 3.05. The quantitative estimate of drug-likeness (QED) is 0.322. The van der Waals surface area contributed by atoms with Crippen LogP contribution in [0.5, 0.6) is 0 Å². The molecule has 0 fully saturated rings. The van der Waals surface area contributed by atoms with Gasteiger partial charge in [-0.3, -0.25) is 0 Å². The maximum absolute atomic E-state index is 2.38. The summed E-state index contributed by atoms with van der Waals surface area (Å²) in [6.45, 7) is 8.83. The lowest BCUT2D eigenvalue weighted by molar-refractivity contribution is 0.716. The van der Waals surface area contributed by atoms with Gasteiger partial charge in [-0.25, -0.2) is 0 Å². The Hall–Kier alpha value is -3.12. The van der Waals surface area contributed by atoms with Gasteiger partial charge in [0.2, 0.25) is 0 Å². The van der Waals surface area contributed by atoms with Crippen LogP contribution in [0.3, 0.4) is 0 Å². The first-order valence-corrected chi connectivity index (χ1v) is 11.0. The molecule has 0 saturated carbocycles. The van der Waals surface area contributed by atoms with Gasteiger partial charge >= 0.3 is 0 Å². The summed E-state index contributed by atoms with van der Waals surface area (Å²) in [4.78, 5) is 0. The van der Waals surface area contributed by atoms with Crippen LogP contribution in [0.25, 0.3) is 22.3 Å². The molecule has 30 heavy (non-hydrogen) atoms. The van der Waals surface area contributed by atoms with E-state index in [0.717, 1.165) is 0 Å². The van der Waals surface area contributed by atoms with Crippen LogP contribution in [0.1, 0.15) is 49.4 Å². The van der Waals surface area contributed by atoms with E-state index in [9.17, 15) is 0 Å². The number of hydrogen-bond acceptors (Lipinski definition) is 0. The Morgan fingerprint density at radius 2 is 0.800 bits per heavy atom. The fourth-order valence-electron chi connectivity index (χ4n) is 4.77. The molecule has 0 spiro atoms. The number of rotatable bonds is 2. The van der Waals surface area contributed by atoms with Crippen molar-refractivity contribution < 1.29 is 0 Å². The van der Waals surface area contributed by atoms with Crippen LogP contribution in [-0.2, 0) is 5.41 Å². The molecular formula is C30H30. The number of hydrogen-bond donors (Lipinski definition) is 0. The van der Waals surface area contributed by atoms with Gasteiger partial charge in [0.05, 0.1) is 0 Å². The summed E-state index contributed by atoms with van der Waals surface area (Å²) in [5.74, 6) is 0. The zero-order valence-corrected chi connectivity index (χ0v) is 18.4. The van der Waals surface area contributed by atoms with E-state index in [2.05, 4.69) is 125 Å². The second-order valence-corrected chi connectivity index (χ2v) is 8.28. The SMILES string of the molecule is CCC.Cc1ccccc1-c1ccccc1C1(C)c2ccccc2-c2ccccc21. The van der Waals surface area contributed by atoms with Crippen molar-refractivity contribution >= 4 is 0 Å². The van der Waals surface area contributed by atoms with Crippen molar-refractivity contribution in [1.29, 1.82) is 0 Å². The van der Waals surface area contributed by atoms with E-state index in [0.29, 0.717) is 0 Å². The van der Waals surface area contributed by atoms with Gasteiger partial charge < -0.3 is 0 Å². The molecule has 0 radical (unpaired) electrons. The van der Waals surface area contributed by atoms with Gasteiger partial charge in [-0.05, 0) is 58.4 Å². The summed E-state index contributed by atoms with van der Waals surface area (Å²) < 4.78 is 0. The largest absolute Gasteiger partial charge is 0.0656 e. The standard InChI is InChI=1S/C27H22.C3H8/c1-19-11-3-4-12-20(19)21-13-5-8-16-24(21)27(2)25-17-9-6-14-22(25)23-15-7-10-18-26(23)27;1-3-2/h3-18H,1-2H3;3H2,1-2H3. The fraction of sp³-hybridized carbons (Fsp3) is 0.200. The van der Waals surface area contributed by atoms with Crippen LogP contribution < -0.4 is 0 Å². The first-order valence-electron chi connectivity index (χ1n) is 11.0. The highest BCUT2D eigenvalue weighted by atomic mass is 14.4. The Bertz CT molecular complexity index is 1120. The molecule has 1 aliphatic rings. The molecule has 0 nitrogen and oxygen atoms in total.